The van der Waals surface area contributed by atoms with Gasteiger partial charge in [0.1, 0.15) is 23.1 Å². The monoisotopic (exact) mass is 379 g/mol. The van der Waals surface area contributed by atoms with Crippen molar-refractivity contribution in [3.63, 3.8) is 0 Å². The van der Waals surface area contributed by atoms with Crippen LogP contribution in [0.4, 0.5) is 0 Å². The molecule has 0 saturated heterocycles. The molecule has 1 aromatic heterocycles. The van der Waals surface area contributed by atoms with Gasteiger partial charge in [-0.05, 0) is 30.3 Å². The average Bonchev–Trinajstić information content (AvgIpc) is 3.17. The fourth-order valence-corrected chi connectivity index (χ4v) is 3.36. The zero-order chi connectivity index (χ0) is 19.7. The molecular formula is C21H21N3O4. The maximum atomic E-state index is 12.9. The van der Waals surface area contributed by atoms with Crippen LogP contribution >= 0.6 is 0 Å². The number of benzene rings is 2. The van der Waals surface area contributed by atoms with E-state index in [1.165, 1.54) is 13.2 Å². The van der Waals surface area contributed by atoms with Crippen LogP contribution in [0.15, 0.2) is 42.5 Å². The molecule has 0 fully saturated rings. The Morgan fingerprint density at radius 3 is 2.71 bits per heavy atom. The molecule has 1 aliphatic heterocycles. The SMILES string of the molecule is COc1cccc(-c2nc3c([nH]2)CN(C(=O)c2cc(OC)ccc2O)CC3)c1. The second-order valence-corrected chi connectivity index (χ2v) is 6.60. The second kappa shape index (κ2) is 7.26. The molecule has 28 heavy (non-hydrogen) atoms. The summed E-state index contributed by atoms with van der Waals surface area (Å²) >= 11 is 0. The van der Waals surface area contributed by atoms with E-state index in [1.54, 1.807) is 24.1 Å². The Morgan fingerprint density at radius 2 is 1.93 bits per heavy atom. The molecule has 0 atom stereocenters. The van der Waals surface area contributed by atoms with Crippen molar-refractivity contribution < 1.29 is 19.4 Å². The van der Waals surface area contributed by atoms with E-state index in [9.17, 15) is 9.90 Å². The third-order valence-corrected chi connectivity index (χ3v) is 4.90. The van der Waals surface area contributed by atoms with Crippen LogP contribution in [0.2, 0.25) is 0 Å². The van der Waals surface area contributed by atoms with Gasteiger partial charge in [-0.25, -0.2) is 4.98 Å². The van der Waals surface area contributed by atoms with E-state index in [4.69, 9.17) is 9.47 Å². The van der Waals surface area contributed by atoms with Crippen LogP contribution < -0.4 is 9.47 Å². The third-order valence-electron chi connectivity index (χ3n) is 4.90. The first-order valence-corrected chi connectivity index (χ1v) is 8.97. The molecule has 144 valence electrons. The van der Waals surface area contributed by atoms with Gasteiger partial charge in [0, 0.05) is 18.5 Å². The Bertz CT molecular complexity index is 1030. The molecule has 7 heteroatoms. The van der Waals surface area contributed by atoms with Crippen LogP contribution in [0.3, 0.4) is 0 Å². The lowest BCUT2D eigenvalue weighted by Gasteiger charge is -2.26. The first-order valence-electron chi connectivity index (χ1n) is 8.97. The summed E-state index contributed by atoms with van der Waals surface area (Å²) < 4.78 is 10.4. The smallest absolute Gasteiger partial charge is 0.258 e. The van der Waals surface area contributed by atoms with Crippen LogP contribution in [0.1, 0.15) is 21.7 Å². The predicted molar refractivity (Wildman–Crippen MR) is 104 cm³/mol. The van der Waals surface area contributed by atoms with E-state index >= 15 is 0 Å². The quantitative estimate of drug-likeness (QED) is 0.728. The fourth-order valence-electron chi connectivity index (χ4n) is 3.36. The number of hydrogen-bond donors (Lipinski definition) is 2. The molecule has 3 aromatic rings. The topological polar surface area (TPSA) is 87.7 Å². The van der Waals surface area contributed by atoms with Gasteiger partial charge in [-0.2, -0.15) is 0 Å². The Morgan fingerprint density at radius 1 is 1.14 bits per heavy atom. The second-order valence-electron chi connectivity index (χ2n) is 6.60. The molecule has 0 spiro atoms. The van der Waals surface area contributed by atoms with Gasteiger partial charge in [0.2, 0.25) is 0 Å². The van der Waals surface area contributed by atoms with Gasteiger partial charge in [0.25, 0.3) is 5.91 Å². The summed E-state index contributed by atoms with van der Waals surface area (Å²) in [6.45, 7) is 0.937. The number of aromatic nitrogens is 2. The van der Waals surface area contributed by atoms with Crippen molar-refractivity contribution in [2.45, 2.75) is 13.0 Å². The highest BCUT2D eigenvalue weighted by Crippen LogP contribution is 2.28. The minimum absolute atomic E-state index is 0.0572. The summed E-state index contributed by atoms with van der Waals surface area (Å²) in [5.74, 6) is 1.75. The number of fused-ring (bicyclic) bond motifs is 1. The number of H-pyrrole nitrogens is 1. The molecule has 0 unspecified atom stereocenters. The maximum Gasteiger partial charge on any atom is 0.258 e. The number of hydrogen-bond acceptors (Lipinski definition) is 5. The molecule has 2 N–H and O–H groups in total. The van der Waals surface area contributed by atoms with Crippen molar-refractivity contribution in [3.8, 4) is 28.6 Å². The molecule has 4 rings (SSSR count). The predicted octanol–water partition coefficient (Wildman–Crippen LogP) is 3.00. The number of methoxy groups -OCH3 is 2. The Hall–Kier alpha value is -3.48. The lowest BCUT2D eigenvalue weighted by molar-refractivity contribution is 0.0728. The first kappa shape index (κ1) is 17.9. The third kappa shape index (κ3) is 3.26. The number of carbonyl (C=O) groups excluding carboxylic acids is 1. The fraction of sp³-hybridized carbons (Fsp3) is 0.238. The summed E-state index contributed by atoms with van der Waals surface area (Å²) in [5.41, 5.74) is 3.02. The molecule has 0 aliphatic carbocycles. The van der Waals surface area contributed by atoms with Gasteiger partial charge in [0.15, 0.2) is 0 Å². The minimum Gasteiger partial charge on any atom is -0.507 e. The van der Waals surface area contributed by atoms with E-state index < -0.39 is 0 Å². The van der Waals surface area contributed by atoms with E-state index in [2.05, 4.69) is 9.97 Å². The average molecular weight is 379 g/mol. The van der Waals surface area contributed by atoms with Crippen molar-refractivity contribution in [3.05, 3.63) is 59.4 Å². The van der Waals surface area contributed by atoms with Crippen LogP contribution in [-0.4, -0.2) is 46.6 Å². The number of phenols is 1. The van der Waals surface area contributed by atoms with Crippen LogP contribution in [-0.2, 0) is 13.0 Å². The van der Waals surface area contributed by atoms with E-state index in [-0.39, 0.29) is 17.2 Å². The van der Waals surface area contributed by atoms with Gasteiger partial charge in [-0.15, -0.1) is 0 Å². The number of nitrogens with one attached hydrogen (secondary N) is 1. The van der Waals surface area contributed by atoms with Crippen molar-refractivity contribution in [2.75, 3.05) is 20.8 Å². The highest BCUT2D eigenvalue weighted by atomic mass is 16.5. The van der Waals surface area contributed by atoms with E-state index in [0.717, 1.165) is 28.5 Å². The molecule has 1 aliphatic rings. The van der Waals surface area contributed by atoms with E-state index in [0.29, 0.717) is 25.3 Å². The number of nitrogens with zero attached hydrogens (tertiary/aromatic N) is 2. The van der Waals surface area contributed by atoms with Crippen molar-refractivity contribution in [1.82, 2.24) is 14.9 Å². The van der Waals surface area contributed by atoms with Crippen molar-refractivity contribution in [2.24, 2.45) is 0 Å². The Kier molecular flexibility index (Phi) is 4.65. The number of imidazole rings is 1. The van der Waals surface area contributed by atoms with Gasteiger partial charge < -0.3 is 24.5 Å². The zero-order valence-corrected chi connectivity index (χ0v) is 15.7. The number of rotatable bonds is 4. The molecular weight excluding hydrogens is 358 g/mol. The number of phenolic OH excluding ortho intramolecular Hbond substituents is 1. The van der Waals surface area contributed by atoms with Gasteiger partial charge in [-0.3, -0.25) is 4.79 Å². The maximum absolute atomic E-state index is 12.9. The molecule has 1 amide bonds. The Balaban J connectivity index is 1.58. The summed E-state index contributed by atoms with van der Waals surface area (Å²) in [7, 11) is 3.16. The number of carbonyl (C=O) groups is 1. The molecule has 7 nitrogen and oxygen atoms in total. The van der Waals surface area contributed by atoms with E-state index in [1.807, 2.05) is 24.3 Å². The van der Waals surface area contributed by atoms with Crippen LogP contribution in [0.25, 0.3) is 11.4 Å². The summed E-state index contributed by atoms with van der Waals surface area (Å²) in [6.07, 6.45) is 0.645. The number of ether oxygens (including phenoxy) is 2. The normalized spacial score (nSPS) is 13.1. The van der Waals surface area contributed by atoms with Gasteiger partial charge in [-0.1, -0.05) is 12.1 Å². The minimum atomic E-state index is -0.236. The number of amides is 1. The first-order chi connectivity index (χ1) is 13.6. The lowest BCUT2D eigenvalue weighted by atomic mass is 10.1. The molecule has 2 aromatic carbocycles. The van der Waals surface area contributed by atoms with Crippen LogP contribution in [0.5, 0.6) is 17.2 Å². The highest BCUT2D eigenvalue weighted by Gasteiger charge is 2.26. The van der Waals surface area contributed by atoms with Crippen LogP contribution in [0, 0.1) is 0 Å². The van der Waals surface area contributed by atoms with Gasteiger partial charge in [0.05, 0.1) is 37.7 Å². The Labute approximate surface area is 162 Å². The van der Waals surface area contributed by atoms with Crippen molar-refractivity contribution >= 4 is 5.91 Å². The zero-order valence-electron chi connectivity index (χ0n) is 15.7. The number of aromatic amines is 1. The molecule has 0 bridgehead atoms. The van der Waals surface area contributed by atoms with Gasteiger partial charge >= 0.3 is 0 Å². The summed E-state index contributed by atoms with van der Waals surface area (Å²) in [4.78, 5) is 22.6. The largest absolute Gasteiger partial charge is 0.507 e. The highest BCUT2D eigenvalue weighted by molar-refractivity contribution is 5.97. The number of aromatic hydroxyl groups is 1. The molecule has 0 radical (unpaired) electrons. The summed E-state index contributed by atoms with van der Waals surface area (Å²) in [6, 6.07) is 12.3. The molecule has 0 saturated carbocycles. The molecule has 2 heterocycles. The summed E-state index contributed by atoms with van der Waals surface area (Å²) in [5, 5.41) is 10.1. The lowest BCUT2D eigenvalue weighted by Crippen LogP contribution is -2.36. The van der Waals surface area contributed by atoms with Crippen molar-refractivity contribution in [1.29, 1.82) is 0 Å². The standard InChI is InChI=1S/C21H21N3O4/c1-27-14-5-3-4-13(10-14)20-22-17-8-9-24(12-18(17)23-20)21(26)16-11-15(28-2)6-7-19(16)25/h3-7,10-11,25H,8-9,12H2,1-2H3,(H,22,23).